The lowest BCUT2D eigenvalue weighted by atomic mass is 10.2. The van der Waals surface area contributed by atoms with E-state index in [0.717, 1.165) is 16.9 Å². The Kier molecular flexibility index (Phi) is 4.82. The van der Waals surface area contributed by atoms with Crippen LogP contribution >= 0.6 is 0 Å². The van der Waals surface area contributed by atoms with Crippen LogP contribution < -0.4 is 9.47 Å². The van der Waals surface area contributed by atoms with E-state index in [-0.39, 0.29) is 5.91 Å². The molecule has 0 saturated heterocycles. The first-order valence-corrected chi connectivity index (χ1v) is 7.84. The van der Waals surface area contributed by atoms with Crippen molar-refractivity contribution in [3.63, 3.8) is 0 Å². The SMILES string of the molecule is CC(=O)N(C=Cc1cc[n+](-c2ccccc2)cc1)c1ccccc1. The van der Waals surface area contributed by atoms with Crippen LogP contribution in [0.4, 0.5) is 5.69 Å². The van der Waals surface area contributed by atoms with Gasteiger partial charge >= 0.3 is 0 Å². The van der Waals surface area contributed by atoms with E-state index in [2.05, 4.69) is 16.7 Å². The zero-order valence-corrected chi connectivity index (χ0v) is 13.5. The number of anilines is 1. The molecule has 0 bridgehead atoms. The van der Waals surface area contributed by atoms with Crippen LogP contribution in [0.2, 0.25) is 0 Å². The predicted molar refractivity (Wildman–Crippen MR) is 96.6 cm³/mol. The lowest BCUT2D eigenvalue weighted by molar-refractivity contribution is -0.595. The molecule has 0 saturated carbocycles. The fourth-order valence-corrected chi connectivity index (χ4v) is 2.44. The number of nitrogens with zero attached hydrogens (tertiary/aromatic N) is 2. The van der Waals surface area contributed by atoms with E-state index in [9.17, 15) is 4.79 Å². The van der Waals surface area contributed by atoms with Crippen molar-refractivity contribution in [3.8, 4) is 5.69 Å². The molecule has 3 nitrogen and oxygen atoms in total. The first-order chi connectivity index (χ1) is 11.7. The van der Waals surface area contributed by atoms with Crippen LogP contribution in [-0.4, -0.2) is 5.91 Å². The van der Waals surface area contributed by atoms with Gasteiger partial charge in [0.15, 0.2) is 12.4 Å². The normalized spacial score (nSPS) is 10.7. The summed E-state index contributed by atoms with van der Waals surface area (Å²) < 4.78 is 2.05. The quantitative estimate of drug-likeness (QED) is 0.668. The summed E-state index contributed by atoms with van der Waals surface area (Å²) in [5.74, 6) is -0.0206. The topological polar surface area (TPSA) is 24.2 Å². The fraction of sp³-hybridized carbons (Fsp3) is 0.0476. The lowest BCUT2D eigenvalue weighted by Crippen LogP contribution is -2.29. The van der Waals surface area contributed by atoms with E-state index < -0.39 is 0 Å². The van der Waals surface area contributed by atoms with Gasteiger partial charge in [0.1, 0.15) is 0 Å². The maximum Gasteiger partial charge on any atom is 0.227 e. The Morgan fingerprint density at radius 1 is 0.875 bits per heavy atom. The van der Waals surface area contributed by atoms with Crippen LogP contribution in [0.3, 0.4) is 0 Å². The number of carbonyl (C=O) groups is 1. The van der Waals surface area contributed by atoms with Gasteiger partial charge in [-0.05, 0) is 23.8 Å². The third-order valence-corrected chi connectivity index (χ3v) is 3.70. The Morgan fingerprint density at radius 3 is 2.04 bits per heavy atom. The molecule has 0 radical (unpaired) electrons. The van der Waals surface area contributed by atoms with Gasteiger partial charge in [0.25, 0.3) is 0 Å². The summed E-state index contributed by atoms with van der Waals surface area (Å²) in [5.41, 5.74) is 3.00. The third-order valence-electron chi connectivity index (χ3n) is 3.70. The molecular formula is C21H19N2O+. The molecule has 0 fully saturated rings. The van der Waals surface area contributed by atoms with E-state index in [4.69, 9.17) is 0 Å². The average molecular weight is 315 g/mol. The smallest absolute Gasteiger partial charge is 0.227 e. The molecule has 1 amide bonds. The number of pyridine rings is 1. The molecule has 3 aromatic rings. The second kappa shape index (κ2) is 7.38. The van der Waals surface area contributed by atoms with Gasteiger partial charge in [-0.1, -0.05) is 36.4 Å². The van der Waals surface area contributed by atoms with Crippen molar-refractivity contribution in [1.82, 2.24) is 0 Å². The molecule has 0 aliphatic carbocycles. The van der Waals surface area contributed by atoms with Gasteiger partial charge in [-0.2, -0.15) is 4.57 Å². The molecule has 0 N–H and O–H groups in total. The van der Waals surface area contributed by atoms with Gasteiger partial charge in [0, 0.05) is 43.1 Å². The number of benzene rings is 2. The zero-order valence-electron chi connectivity index (χ0n) is 13.5. The molecule has 1 aromatic heterocycles. The molecule has 1 heterocycles. The van der Waals surface area contributed by atoms with E-state index in [1.807, 2.05) is 79.1 Å². The Hall–Kier alpha value is -3.20. The zero-order chi connectivity index (χ0) is 16.8. The monoisotopic (exact) mass is 315 g/mol. The van der Waals surface area contributed by atoms with Gasteiger partial charge < -0.3 is 0 Å². The number of rotatable bonds is 4. The second-order valence-corrected chi connectivity index (χ2v) is 5.41. The Morgan fingerprint density at radius 2 is 1.46 bits per heavy atom. The predicted octanol–water partition coefficient (Wildman–Crippen LogP) is 3.99. The summed E-state index contributed by atoms with van der Waals surface area (Å²) in [6.45, 7) is 1.56. The minimum Gasteiger partial charge on any atom is -0.288 e. The first-order valence-electron chi connectivity index (χ1n) is 7.84. The van der Waals surface area contributed by atoms with Crippen LogP contribution in [0, 0.1) is 0 Å². The van der Waals surface area contributed by atoms with E-state index in [1.165, 1.54) is 0 Å². The number of aromatic nitrogens is 1. The molecule has 0 atom stereocenters. The highest BCUT2D eigenvalue weighted by molar-refractivity contribution is 5.94. The molecule has 3 rings (SSSR count). The van der Waals surface area contributed by atoms with Crippen LogP contribution in [0.1, 0.15) is 12.5 Å². The molecule has 0 unspecified atom stereocenters. The molecule has 0 aliphatic rings. The van der Waals surface area contributed by atoms with E-state index in [1.54, 1.807) is 18.0 Å². The maximum absolute atomic E-state index is 11.9. The standard InChI is InChI=1S/C21H19N2O/c1-18(24)23(21-10-6-3-7-11-21)17-14-19-12-15-22(16-13-19)20-8-4-2-5-9-20/h2-17H,1H3/q+1. The van der Waals surface area contributed by atoms with Crippen molar-refractivity contribution in [2.45, 2.75) is 6.92 Å². The molecule has 2 aromatic carbocycles. The number of amides is 1. The van der Waals surface area contributed by atoms with Crippen LogP contribution in [0.5, 0.6) is 0 Å². The van der Waals surface area contributed by atoms with Crippen LogP contribution in [-0.2, 0) is 4.79 Å². The number of carbonyl (C=O) groups excluding carboxylic acids is 1. The maximum atomic E-state index is 11.9. The second-order valence-electron chi connectivity index (χ2n) is 5.41. The molecule has 118 valence electrons. The Bertz CT molecular complexity index is 825. The number of para-hydroxylation sites is 2. The van der Waals surface area contributed by atoms with Crippen molar-refractivity contribution < 1.29 is 9.36 Å². The van der Waals surface area contributed by atoms with Crippen LogP contribution in [0.25, 0.3) is 11.8 Å². The number of hydrogen-bond donors (Lipinski definition) is 0. The minimum atomic E-state index is -0.0206. The van der Waals surface area contributed by atoms with Gasteiger partial charge in [-0.15, -0.1) is 0 Å². The molecule has 24 heavy (non-hydrogen) atoms. The summed E-state index contributed by atoms with van der Waals surface area (Å²) in [6.07, 6.45) is 7.76. The van der Waals surface area contributed by atoms with Gasteiger partial charge in [0.05, 0.1) is 0 Å². The third kappa shape index (κ3) is 3.76. The van der Waals surface area contributed by atoms with E-state index in [0.29, 0.717) is 0 Å². The highest BCUT2D eigenvalue weighted by Gasteiger charge is 2.07. The van der Waals surface area contributed by atoms with Crippen LogP contribution in [0.15, 0.2) is 91.4 Å². The summed E-state index contributed by atoms with van der Waals surface area (Å²) in [6, 6.07) is 23.8. The van der Waals surface area contributed by atoms with Crippen molar-refractivity contribution in [3.05, 3.63) is 97.0 Å². The highest BCUT2D eigenvalue weighted by Crippen LogP contribution is 2.15. The Labute approximate surface area is 142 Å². The van der Waals surface area contributed by atoms with Crippen molar-refractivity contribution in [1.29, 1.82) is 0 Å². The molecule has 3 heteroatoms. The fourth-order valence-electron chi connectivity index (χ4n) is 2.44. The Balaban J connectivity index is 1.79. The molecule has 0 aliphatic heterocycles. The highest BCUT2D eigenvalue weighted by atomic mass is 16.2. The lowest BCUT2D eigenvalue weighted by Gasteiger charge is -2.16. The first kappa shape index (κ1) is 15.7. The molecule has 0 spiro atoms. The van der Waals surface area contributed by atoms with Crippen molar-refractivity contribution in [2.24, 2.45) is 0 Å². The van der Waals surface area contributed by atoms with Gasteiger partial charge in [-0.25, -0.2) is 0 Å². The van der Waals surface area contributed by atoms with Crippen molar-refractivity contribution in [2.75, 3.05) is 4.90 Å². The number of hydrogen-bond acceptors (Lipinski definition) is 1. The largest absolute Gasteiger partial charge is 0.288 e. The van der Waals surface area contributed by atoms with Gasteiger partial charge in [-0.3, -0.25) is 9.69 Å². The minimum absolute atomic E-state index is 0.0206. The summed E-state index contributed by atoms with van der Waals surface area (Å²) >= 11 is 0. The van der Waals surface area contributed by atoms with Gasteiger partial charge in [0.2, 0.25) is 11.6 Å². The summed E-state index contributed by atoms with van der Waals surface area (Å²) in [5, 5.41) is 0. The van der Waals surface area contributed by atoms with E-state index >= 15 is 0 Å². The summed E-state index contributed by atoms with van der Waals surface area (Å²) in [4.78, 5) is 13.5. The summed E-state index contributed by atoms with van der Waals surface area (Å²) in [7, 11) is 0. The van der Waals surface area contributed by atoms with Crippen molar-refractivity contribution >= 4 is 17.7 Å². The average Bonchev–Trinajstić information content (AvgIpc) is 2.64. The molecular weight excluding hydrogens is 296 g/mol.